The molecule has 0 aliphatic heterocycles. The van der Waals surface area contributed by atoms with E-state index in [1.165, 1.54) is 11.8 Å². The third-order valence-corrected chi connectivity index (χ3v) is 6.33. The molecule has 1 aromatic carbocycles. The summed E-state index contributed by atoms with van der Waals surface area (Å²) in [6.45, 7) is 7.79. The number of hydrogen-bond donors (Lipinski definition) is 2. The number of carboxylic acid groups (broad SMARTS) is 1. The summed E-state index contributed by atoms with van der Waals surface area (Å²) in [6, 6.07) is 7.19. The van der Waals surface area contributed by atoms with Crippen molar-refractivity contribution in [2.24, 2.45) is 5.41 Å². The number of carbonyl (C=O) groups excluding carboxylic acids is 1. The quantitative estimate of drug-likeness (QED) is 0.701. The molecule has 0 aromatic heterocycles. The molecular formula is C18H24ClNO4S. The zero-order valence-corrected chi connectivity index (χ0v) is 16.4. The number of carbonyl (C=O) groups is 2. The van der Waals surface area contributed by atoms with E-state index in [4.69, 9.17) is 16.3 Å². The van der Waals surface area contributed by atoms with Gasteiger partial charge in [0.25, 0.3) is 0 Å². The highest BCUT2D eigenvalue weighted by atomic mass is 35.5. The number of rotatable bonds is 7. The van der Waals surface area contributed by atoms with Gasteiger partial charge in [0.2, 0.25) is 5.91 Å². The van der Waals surface area contributed by atoms with Crippen molar-refractivity contribution in [2.45, 2.75) is 55.9 Å². The second-order valence-electron chi connectivity index (χ2n) is 6.78. The maximum atomic E-state index is 12.6. The average Bonchev–Trinajstić information content (AvgIpc) is 2.55. The lowest BCUT2D eigenvalue weighted by Gasteiger charge is -2.58. The molecule has 1 amide bonds. The van der Waals surface area contributed by atoms with Crippen LogP contribution < -0.4 is 5.32 Å². The van der Waals surface area contributed by atoms with Crippen LogP contribution in [0.3, 0.4) is 0 Å². The van der Waals surface area contributed by atoms with E-state index in [0.29, 0.717) is 11.6 Å². The molecule has 3 atom stereocenters. The topological polar surface area (TPSA) is 75.6 Å². The lowest BCUT2D eigenvalue weighted by Crippen LogP contribution is -2.76. The number of halogens is 1. The van der Waals surface area contributed by atoms with Gasteiger partial charge in [-0.2, -0.15) is 0 Å². The minimum absolute atomic E-state index is 0.187. The second-order valence-corrected chi connectivity index (χ2v) is 8.63. The highest BCUT2D eigenvalue weighted by Crippen LogP contribution is 2.51. The summed E-state index contributed by atoms with van der Waals surface area (Å²) in [5, 5.41) is 12.7. The Bertz CT molecular complexity index is 649. The fourth-order valence-corrected chi connectivity index (χ4v) is 4.11. The SMILES string of the molecule is CCOC1CC(NC(=O)C(C)Sc2ccc(Cl)cc2)(C(=O)O)C1(C)C. The van der Waals surface area contributed by atoms with Crippen molar-refractivity contribution >= 4 is 35.2 Å². The van der Waals surface area contributed by atoms with Crippen molar-refractivity contribution in [3.05, 3.63) is 29.3 Å². The summed E-state index contributed by atoms with van der Waals surface area (Å²) in [7, 11) is 0. The van der Waals surface area contributed by atoms with Crippen LogP contribution in [-0.2, 0) is 14.3 Å². The van der Waals surface area contributed by atoms with E-state index in [2.05, 4.69) is 5.32 Å². The molecule has 0 spiro atoms. The van der Waals surface area contributed by atoms with Gasteiger partial charge < -0.3 is 15.2 Å². The summed E-state index contributed by atoms with van der Waals surface area (Å²) >= 11 is 7.23. The standard InChI is InChI=1S/C18H24ClNO4S/c1-5-24-14-10-18(16(22)23,17(14,3)4)20-15(21)11(2)25-13-8-6-12(19)7-9-13/h6-9,11,14H,5,10H2,1-4H3,(H,20,21)(H,22,23). The Morgan fingerprint density at radius 1 is 1.40 bits per heavy atom. The third-order valence-electron chi connectivity index (χ3n) is 4.96. The minimum Gasteiger partial charge on any atom is -0.479 e. The van der Waals surface area contributed by atoms with Gasteiger partial charge in [-0.15, -0.1) is 11.8 Å². The van der Waals surface area contributed by atoms with Crippen molar-refractivity contribution in [2.75, 3.05) is 6.61 Å². The predicted octanol–water partition coefficient (Wildman–Crippen LogP) is 3.60. The Morgan fingerprint density at radius 3 is 2.48 bits per heavy atom. The van der Waals surface area contributed by atoms with Gasteiger partial charge in [-0.3, -0.25) is 4.79 Å². The van der Waals surface area contributed by atoms with Crippen molar-refractivity contribution in [3.63, 3.8) is 0 Å². The lowest BCUT2D eigenvalue weighted by atomic mass is 9.54. The average molecular weight is 386 g/mol. The Kier molecular flexibility index (Phi) is 6.07. The summed E-state index contributed by atoms with van der Waals surface area (Å²) in [4.78, 5) is 25.4. The van der Waals surface area contributed by atoms with Crippen molar-refractivity contribution < 1.29 is 19.4 Å². The summed E-state index contributed by atoms with van der Waals surface area (Å²) < 4.78 is 5.62. The summed E-state index contributed by atoms with van der Waals surface area (Å²) in [6.07, 6.45) is 0.0842. The third kappa shape index (κ3) is 3.81. The number of thioether (sulfide) groups is 1. The van der Waals surface area contributed by atoms with Gasteiger partial charge in [0.15, 0.2) is 0 Å². The van der Waals surface area contributed by atoms with Crippen LogP contribution in [-0.4, -0.2) is 40.5 Å². The van der Waals surface area contributed by atoms with Gasteiger partial charge in [-0.05, 0) is 38.1 Å². The Balaban J connectivity index is 2.08. The van der Waals surface area contributed by atoms with Crippen LogP contribution in [0.1, 0.15) is 34.1 Å². The Labute approximate surface area is 157 Å². The molecule has 138 valence electrons. The molecule has 5 nitrogen and oxygen atoms in total. The minimum atomic E-state index is -1.31. The van der Waals surface area contributed by atoms with Crippen molar-refractivity contribution in [1.82, 2.24) is 5.32 Å². The van der Waals surface area contributed by atoms with Crippen LogP contribution in [0.5, 0.6) is 0 Å². The highest BCUT2D eigenvalue weighted by molar-refractivity contribution is 8.00. The fourth-order valence-electron chi connectivity index (χ4n) is 3.12. The maximum absolute atomic E-state index is 12.6. The number of amides is 1. The molecule has 1 aromatic rings. The molecule has 0 radical (unpaired) electrons. The van der Waals surface area contributed by atoms with Gasteiger partial charge in [-0.25, -0.2) is 4.79 Å². The number of aliphatic carboxylic acids is 1. The van der Waals surface area contributed by atoms with Crippen LogP contribution in [0.4, 0.5) is 0 Å². The number of hydrogen-bond acceptors (Lipinski definition) is 4. The van der Waals surface area contributed by atoms with Crippen LogP contribution >= 0.6 is 23.4 Å². The number of carboxylic acids is 1. The number of benzene rings is 1. The van der Waals surface area contributed by atoms with Crippen LogP contribution in [0, 0.1) is 5.41 Å². The molecular weight excluding hydrogens is 362 g/mol. The maximum Gasteiger partial charge on any atom is 0.330 e. The normalized spacial score (nSPS) is 25.7. The molecule has 1 aliphatic carbocycles. The summed E-state index contributed by atoms with van der Waals surface area (Å²) in [5.74, 6) is -1.32. The first-order chi connectivity index (χ1) is 11.6. The van der Waals surface area contributed by atoms with E-state index in [1.807, 2.05) is 32.9 Å². The molecule has 0 heterocycles. The molecule has 0 bridgehead atoms. The lowest BCUT2D eigenvalue weighted by molar-refractivity contribution is -0.194. The molecule has 1 aliphatic rings. The summed E-state index contributed by atoms with van der Waals surface area (Å²) in [5.41, 5.74) is -1.99. The van der Waals surface area contributed by atoms with E-state index in [-0.39, 0.29) is 18.4 Å². The Morgan fingerprint density at radius 2 is 2.00 bits per heavy atom. The van der Waals surface area contributed by atoms with Gasteiger partial charge in [-0.1, -0.05) is 25.4 Å². The van der Waals surface area contributed by atoms with Crippen molar-refractivity contribution in [3.8, 4) is 0 Å². The highest BCUT2D eigenvalue weighted by Gasteiger charge is 2.66. The molecule has 1 saturated carbocycles. The number of nitrogens with one attached hydrogen (secondary N) is 1. The first-order valence-electron chi connectivity index (χ1n) is 8.23. The van der Waals surface area contributed by atoms with Crippen LogP contribution in [0.25, 0.3) is 0 Å². The molecule has 2 N–H and O–H groups in total. The number of ether oxygens (including phenoxy) is 1. The Hall–Kier alpha value is -1.24. The van der Waals surface area contributed by atoms with Gasteiger partial charge in [0, 0.05) is 28.4 Å². The molecule has 1 fully saturated rings. The molecule has 0 saturated heterocycles. The monoisotopic (exact) mass is 385 g/mol. The van der Waals surface area contributed by atoms with E-state index in [0.717, 1.165) is 4.90 Å². The van der Waals surface area contributed by atoms with E-state index in [9.17, 15) is 14.7 Å². The van der Waals surface area contributed by atoms with Gasteiger partial charge in [0.1, 0.15) is 5.54 Å². The van der Waals surface area contributed by atoms with Gasteiger partial charge >= 0.3 is 5.97 Å². The molecule has 25 heavy (non-hydrogen) atoms. The molecule has 2 rings (SSSR count). The zero-order valence-electron chi connectivity index (χ0n) is 14.8. The van der Waals surface area contributed by atoms with Crippen LogP contribution in [0.15, 0.2) is 29.2 Å². The van der Waals surface area contributed by atoms with Gasteiger partial charge in [0.05, 0.1) is 11.4 Å². The first kappa shape index (κ1) is 20.1. The second kappa shape index (κ2) is 7.56. The van der Waals surface area contributed by atoms with Crippen molar-refractivity contribution in [1.29, 1.82) is 0 Å². The smallest absolute Gasteiger partial charge is 0.330 e. The molecule has 7 heteroatoms. The van der Waals surface area contributed by atoms with Crippen LogP contribution in [0.2, 0.25) is 5.02 Å². The molecule has 3 unspecified atom stereocenters. The van der Waals surface area contributed by atoms with E-state index < -0.39 is 22.2 Å². The van der Waals surface area contributed by atoms with E-state index >= 15 is 0 Å². The predicted molar refractivity (Wildman–Crippen MR) is 99.1 cm³/mol. The largest absolute Gasteiger partial charge is 0.479 e. The zero-order chi connectivity index (χ0) is 18.8. The van der Waals surface area contributed by atoms with E-state index in [1.54, 1.807) is 19.1 Å². The fraction of sp³-hybridized carbons (Fsp3) is 0.556. The first-order valence-corrected chi connectivity index (χ1v) is 9.49.